The molecule has 0 spiro atoms. The number of aromatic nitrogens is 3. The molecule has 1 saturated heterocycles. The van der Waals surface area contributed by atoms with E-state index in [1.165, 1.54) is 12.8 Å². The molecule has 1 aromatic heterocycles. The Morgan fingerprint density at radius 3 is 2.90 bits per heavy atom. The van der Waals surface area contributed by atoms with Crippen LogP contribution in [0.1, 0.15) is 25.5 Å². The maximum atomic E-state index is 11.6. The van der Waals surface area contributed by atoms with Gasteiger partial charge in [0.15, 0.2) is 9.84 Å². The molecule has 118 valence electrons. The van der Waals surface area contributed by atoms with Gasteiger partial charge in [-0.05, 0) is 19.8 Å². The third-order valence-corrected chi connectivity index (χ3v) is 5.95. The topological polar surface area (TPSA) is 80.1 Å². The summed E-state index contributed by atoms with van der Waals surface area (Å²) in [5.41, 5.74) is 0.969. The van der Waals surface area contributed by atoms with E-state index in [4.69, 9.17) is 0 Å². The van der Waals surface area contributed by atoms with Gasteiger partial charge in [-0.1, -0.05) is 5.21 Å². The summed E-state index contributed by atoms with van der Waals surface area (Å²) in [5, 5.41) is 11.7. The quantitative estimate of drug-likeness (QED) is 0.773. The summed E-state index contributed by atoms with van der Waals surface area (Å²) in [6.45, 7) is 4.94. The number of rotatable bonds is 6. The fourth-order valence-corrected chi connectivity index (χ4v) is 4.29. The first-order chi connectivity index (χ1) is 10.0. The summed E-state index contributed by atoms with van der Waals surface area (Å²) in [6.07, 6.45) is 4.51. The van der Waals surface area contributed by atoms with Gasteiger partial charge in [0.05, 0.1) is 23.7 Å². The van der Waals surface area contributed by atoms with Crippen LogP contribution >= 0.6 is 0 Å². The molecule has 1 aliphatic heterocycles. The second-order valence-electron chi connectivity index (χ2n) is 6.13. The second-order valence-corrected chi connectivity index (χ2v) is 8.36. The second kappa shape index (κ2) is 6.02. The van der Waals surface area contributed by atoms with Crippen LogP contribution in [0, 0.1) is 0 Å². The summed E-state index contributed by atoms with van der Waals surface area (Å²) < 4.78 is 25.0. The lowest BCUT2D eigenvalue weighted by Gasteiger charge is -2.32. The number of hydrogen-bond acceptors (Lipinski definition) is 6. The molecule has 1 aliphatic carbocycles. The van der Waals surface area contributed by atoms with Crippen LogP contribution in [0.2, 0.25) is 0 Å². The third-order valence-electron chi connectivity index (χ3n) is 4.16. The Hall–Kier alpha value is -0.990. The number of nitrogens with zero attached hydrogens (tertiary/aromatic N) is 4. The summed E-state index contributed by atoms with van der Waals surface area (Å²) in [5.74, 6) is 0.534. The third kappa shape index (κ3) is 4.24. The van der Waals surface area contributed by atoms with Crippen molar-refractivity contribution in [2.24, 2.45) is 0 Å². The standard InChI is InChI=1S/C13H23N5O2S/c1-11-10-21(19,20)7-6-17(11)4-5-18-9-13(15-16-18)8-14-12-2-3-12/h9,11-12,14H,2-8,10H2,1H3. The Morgan fingerprint density at radius 1 is 1.38 bits per heavy atom. The molecule has 2 fully saturated rings. The van der Waals surface area contributed by atoms with Gasteiger partial charge in [0.1, 0.15) is 0 Å². The molecule has 0 radical (unpaired) electrons. The van der Waals surface area contributed by atoms with E-state index in [-0.39, 0.29) is 17.5 Å². The summed E-state index contributed by atoms with van der Waals surface area (Å²) in [4.78, 5) is 2.21. The predicted octanol–water partition coefficient (Wildman–Crippen LogP) is -0.351. The molecule has 8 heteroatoms. The van der Waals surface area contributed by atoms with Crippen LogP contribution in [0.3, 0.4) is 0 Å². The highest BCUT2D eigenvalue weighted by Gasteiger charge is 2.27. The van der Waals surface area contributed by atoms with E-state index in [1.807, 2.05) is 17.8 Å². The first kappa shape index (κ1) is 14.9. The summed E-state index contributed by atoms with van der Waals surface area (Å²) in [6, 6.07) is 0.759. The Labute approximate surface area is 125 Å². The molecule has 7 nitrogen and oxygen atoms in total. The molecule has 1 N–H and O–H groups in total. The smallest absolute Gasteiger partial charge is 0.153 e. The lowest BCUT2D eigenvalue weighted by atomic mass is 10.3. The van der Waals surface area contributed by atoms with Crippen LogP contribution < -0.4 is 5.32 Å². The fraction of sp³-hybridized carbons (Fsp3) is 0.846. The number of nitrogens with one attached hydrogen (secondary N) is 1. The average Bonchev–Trinajstić information content (AvgIpc) is 3.14. The molecule has 2 heterocycles. The van der Waals surface area contributed by atoms with Crippen molar-refractivity contribution in [2.45, 2.75) is 44.9 Å². The summed E-state index contributed by atoms with van der Waals surface area (Å²) >= 11 is 0. The maximum Gasteiger partial charge on any atom is 0.153 e. The lowest BCUT2D eigenvalue weighted by Crippen LogP contribution is -2.47. The average molecular weight is 313 g/mol. The fourth-order valence-electron chi connectivity index (χ4n) is 2.66. The molecule has 0 aromatic carbocycles. The number of sulfone groups is 1. The van der Waals surface area contributed by atoms with Gasteiger partial charge in [0.2, 0.25) is 0 Å². The van der Waals surface area contributed by atoms with E-state index in [2.05, 4.69) is 20.5 Å². The Bertz CT molecular complexity index is 581. The molecule has 0 amide bonds. The van der Waals surface area contributed by atoms with Crippen LogP contribution in [-0.2, 0) is 22.9 Å². The van der Waals surface area contributed by atoms with Gasteiger partial charge in [-0.15, -0.1) is 5.10 Å². The number of hydrogen-bond donors (Lipinski definition) is 1. The molecular weight excluding hydrogens is 290 g/mol. The van der Waals surface area contributed by atoms with E-state index in [0.29, 0.717) is 12.6 Å². The van der Waals surface area contributed by atoms with Gasteiger partial charge < -0.3 is 5.32 Å². The normalized spacial score (nSPS) is 26.0. The van der Waals surface area contributed by atoms with Crippen LogP contribution in [0.4, 0.5) is 0 Å². The van der Waals surface area contributed by atoms with Crippen molar-refractivity contribution in [3.63, 3.8) is 0 Å². The Kier molecular flexibility index (Phi) is 4.28. The van der Waals surface area contributed by atoms with Crippen molar-refractivity contribution in [3.05, 3.63) is 11.9 Å². The SMILES string of the molecule is CC1CS(=O)(=O)CCN1CCn1cc(CNC2CC2)nn1. The van der Waals surface area contributed by atoms with E-state index in [1.54, 1.807) is 0 Å². The van der Waals surface area contributed by atoms with E-state index in [0.717, 1.165) is 25.3 Å². The minimum atomic E-state index is -2.84. The molecule has 1 aromatic rings. The van der Waals surface area contributed by atoms with Crippen LogP contribution in [0.25, 0.3) is 0 Å². The predicted molar refractivity (Wildman–Crippen MR) is 79.6 cm³/mol. The van der Waals surface area contributed by atoms with Crippen molar-refractivity contribution >= 4 is 9.84 Å². The van der Waals surface area contributed by atoms with Crippen LogP contribution in [-0.4, -0.2) is 65.0 Å². The monoisotopic (exact) mass is 313 g/mol. The van der Waals surface area contributed by atoms with Gasteiger partial charge in [-0.25, -0.2) is 8.42 Å². The highest BCUT2D eigenvalue weighted by atomic mass is 32.2. The minimum Gasteiger partial charge on any atom is -0.308 e. The van der Waals surface area contributed by atoms with Crippen molar-refractivity contribution in [1.82, 2.24) is 25.2 Å². The first-order valence-corrected chi connectivity index (χ1v) is 9.41. The zero-order chi connectivity index (χ0) is 14.9. The zero-order valence-electron chi connectivity index (χ0n) is 12.4. The van der Waals surface area contributed by atoms with E-state index in [9.17, 15) is 8.42 Å². The van der Waals surface area contributed by atoms with Gasteiger partial charge in [-0.2, -0.15) is 0 Å². The van der Waals surface area contributed by atoms with Crippen molar-refractivity contribution in [3.8, 4) is 0 Å². The van der Waals surface area contributed by atoms with Crippen molar-refractivity contribution < 1.29 is 8.42 Å². The maximum absolute atomic E-state index is 11.6. The van der Waals surface area contributed by atoms with Crippen molar-refractivity contribution in [1.29, 1.82) is 0 Å². The summed E-state index contributed by atoms with van der Waals surface area (Å²) in [7, 11) is -2.84. The Morgan fingerprint density at radius 2 is 2.19 bits per heavy atom. The Balaban J connectivity index is 1.46. The minimum absolute atomic E-state index is 0.0864. The first-order valence-electron chi connectivity index (χ1n) is 7.59. The molecule has 2 aliphatic rings. The molecule has 1 atom stereocenters. The van der Waals surface area contributed by atoms with Crippen molar-refractivity contribution in [2.75, 3.05) is 24.6 Å². The van der Waals surface area contributed by atoms with E-state index >= 15 is 0 Å². The highest BCUT2D eigenvalue weighted by molar-refractivity contribution is 7.91. The highest BCUT2D eigenvalue weighted by Crippen LogP contribution is 2.18. The molecule has 0 bridgehead atoms. The van der Waals surface area contributed by atoms with Gasteiger partial charge in [0, 0.05) is 37.9 Å². The van der Waals surface area contributed by atoms with E-state index < -0.39 is 9.84 Å². The molecular formula is C13H23N5O2S. The van der Waals surface area contributed by atoms with Gasteiger partial charge in [0.25, 0.3) is 0 Å². The molecule has 21 heavy (non-hydrogen) atoms. The van der Waals surface area contributed by atoms with Gasteiger partial charge in [-0.3, -0.25) is 9.58 Å². The largest absolute Gasteiger partial charge is 0.308 e. The molecule has 1 unspecified atom stereocenters. The van der Waals surface area contributed by atoms with Crippen LogP contribution in [0.5, 0.6) is 0 Å². The lowest BCUT2D eigenvalue weighted by molar-refractivity contribution is 0.214. The molecule has 3 rings (SSSR count). The molecule has 1 saturated carbocycles. The van der Waals surface area contributed by atoms with Gasteiger partial charge >= 0.3 is 0 Å². The van der Waals surface area contributed by atoms with Crippen LogP contribution in [0.15, 0.2) is 6.20 Å². The zero-order valence-corrected chi connectivity index (χ0v) is 13.2.